The summed E-state index contributed by atoms with van der Waals surface area (Å²) < 4.78 is 14.6. The number of hydrogen-bond donors (Lipinski definition) is 1. The summed E-state index contributed by atoms with van der Waals surface area (Å²) in [6, 6.07) is 13.5. The van der Waals surface area contributed by atoms with Crippen LogP contribution in [0.2, 0.25) is 0 Å². The number of nitrogens with two attached hydrogens (primary N) is 1. The van der Waals surface area contributed by atoms with Crippen molar-refractivity contribution in [2.75, 3.05) is 5.84 Å². The minimum Gasteiger partial charge on any atom is -0.334 e. The first-order chi connectivity index (χ1) is 10.2. The quantitative estimate of drug-likeness (QED) is 0.459. The SMILES string of the molecule is Nn1c(SCc2ccccc2F)nc2ccccc2c1=O. The van der Waals surface area contributed by atoms with Crippen LogP contribution < -0.4 is 11.4 Å². The van der Waals surface area contributed by atoms with E-state index in [9.17, 15) is 9.18 Å². The third-order valence-electron chi connectivity index (χ3n) is 3.09. The number of nitrogen functional groups attached to an aromatic ring is 1. The lowest BCUT2D eigenvalue weighted by molar-refractivity contribution is 0.617. The van der Waals surface area contributed by atoms with Crippen molar-refractivity contribution in [1.82, 2.24) is 9.66 Å². The molecule has 0 bridgehead atoms. The number of nitrogens with zero attached hydrogens (tertiary/aromatic N) is 2. The smallest absolute Gasteiger partial charge is 0.280 e. The highest BCUT2D eigenvalue weighted by Crippen LogP contribution is 2.22. The minimum atomic E-state index is -0.309. The summed E-state index contributed by atoms with van der Waals surface area (Å²) >= 11 is 1.23. The van der Waals surface area contributed by atoms with Crippen molar-refractivity contribution < 1.29 is 4.39 Å². The van der Waals surface area contributed by atoms with Gasteiger partial charge in [0.15, 0.2) is 5.16 Å². The number of thioether (sulfide) groups is 1. The molecule has 4 nitrogen and oxygen atoms in total. The van der Waals surface area contributed by atoms with Crippen LogP contribution in [0.25, 0.3) is 10.9 Å². The van der Waals surface area contributed by atoms with E-state index >= 15 is 0 Å². The molecule has 0 saturated heterocycles. The van der Waals surface area contributed by atoms with Gasteiger partial charge in [-0.15, -0.1) is 0 Å². The van der Waals surface area contributed by atoms with Crippen molar-refractivity contribution in [2.24, 2.45) is 0 Å². The fourth-order valence-corrected chi connectivity index (χ4v) is 2.89. The van der Waals surface area contributed by atoms with Gasteiger partial charge in [-0.25, -0.2) is 14.1 Å². The largest absolute Gasteiger partial charge is 0.334 e. The molecule has 0 radical (unpaired) electrons. The van der Waals surface area contributed by atoms with Crippen molar-refractivity contribution in [3.63, 3.8) is 0 Å². The maximum Gasteiger partial charge on any atom is 0.280 e. The maximum absolute atomic E-state index is 13.6. The molecule has 21 heavy (non-hydrogen) atoms. The minimum absolute atomic E-state index is 0.281. The second-order valence-corrected chi connectivity index (χ2v) is 5.41. The molecular formula is C15H12FN3OS. The number of aromatic nitrogens is 2. The molecular weight excluding hydrogens is 289 g/mol. The predicted octanol–water partition coefficient (Wildman–Crippen LogP) is 2.54. The number of fused-ring (bicyclic) bond motifs is 1. The van der Waals surface area contributed by atoms with Crippen LogP contribution in [0.5, 0.6) is 0 Å². The van der Waals surface area contributed by atoms with Crippen molar-refractivity contribution in [3.05, 3.63) is 70.3 Å². The lowest BCUT2D eigenvalue weighted by Crippen LogP contribution is -2.29. The van der Waals surface area contributed by atoms with E-state index in [1.165, 1.54) is 17.8 Å². The topological polar surface area (TPSA) is 60.9 Å². The van der Waals surface area contributed by atoms with Crippen LogP contribution in [0.4, 0.5) is 4.39 Å². The summed E-state index contributed by atoms with van der Waals surface area (Å²) in [5.41, 5.74) is 0.821. The summed E-state index contributed by atoms with van der Waals surface area (Å²) in [4.78, 5) is 16.5. The first kappa shape index (κ1) is 13.6. The van der Waals surface area contributed by atoms with Gasteiger partial charge in [-0.05, 0) is 23.8 Å². The Kier molecular flexibility index (Phi) is 3.62. The monoisotopic (exact) mass is 301 g/mol. The summed E-state index contributed by atoms with van der Waals surface area (Å²) in [6.45, 7) is 0. The summed E-state index contributed by atoms with van der Waals surface area (Å²) in [7, 11) is 0. The van der Waals surface area contributed by atoms with Gasteiger partial charge in [0.2, 0.25) is 0 Å². The molecule has 0 amide bonds. The molecule has 106 valence electrons. The van der Waals surface area contributed by atoms with Gasteiger partial charge in [0.25, 0.3) is 5.56 Å². The van der Waals surface area contributed by atoms with Crippen LogP contribution in [-0.2, 0) is 5.75 Å². The summed E-state index contributed by atoms with van der Waals surface area (Å²) in [5, 5.41) is 0.831. The maximum atomic E-state index is 13.6. The normalized spacial score (nSPS) is 10.9. The van der Waals surface area contributed by atoms with Crippen LogP contribution >= 0.6 is 11.8 Å². The number of hydrogen-bond acceptors (Lipinski definition) is 4. The first-order valence-corrected chi connectivity index (χ1v) is 7.28. The van der Waals surface area contributed by atoms with E-state index in [-0.39, 0.29) is 11.4 Å². The molecule has 0 atom stereocenters. The molecule has 0 aliphatic rings. The van der Waals surface area contributed by atoms with Crippen LogP contribution in [0, 0.1) is 5.82 Å². The molecule has 3 aromatic rings. The van der Waals surface area contributed by atoms with Gasteiger partial charge < -0.3 is 5.84 Å². The molecule has 0 aliphatic heterocycles. The fourth-order valence-electron chi connectivity index (χ4n) is 1.99. The highest BCUT2D eigenvalue weighted by atomic mass is 32.2. The molecule has 3 rings (SSSR count). The van der Waals surface area contributed by atoms with Crippen molar-refractivity contribution >= 4 is 22.7 Å². The van der Waals surface area contributed by atoms with Gasteiger partial charge in [0, 0.05) is 5.75 Å². The zero-order chi connectivity index (χ0) is 14.8. The van der Waals surface area contributed by atoms with Crippen molar-refractivity contribution in [1.29, 1.82) is 0 Å². The molecule has 2 N–H and O–H groups in total. The third-order valence-corrected chi connectivity index (χ3v) is 4.09. The van der Waals surface area contributed by atoms with Gasteiger partial charge in [-0.1, -0.05) is 42.1 Å². The van der Waals surface area contributed by atoms with E-state index in [1.807, 2.05) is 0 Å². The Morgan fingerprint density at radius 3 is 2.67 bits per heavy atom. The molecule has 2 aromatic carbocycles. The Balaban J connectivity index is 1.96. The number of benzene rings is 2. The zero-order valence-electron chi connectivity index (χ0n) is 11.0. The number of rotatable bonds is 3. The van der Waals surface area contributed by atoms with Crippen LogP contribution in [0.3, 0.4) is 0 Å². The number of para-hydroxylation sites is 1. The van der Waals surface area contributed by atoms with Gasteiger partial charge in [0.1, 0.15) is 5.82 Å². The lowest BCUT2D eigenvalue weighted by atomic mass is 10.2. The Labute approximate surface area is 124 Å². The Hall–Kier alpha value is -2.34. The molecule has 6 heteroatoms. The van der Waals surface area contributed by atoms with Gasteiger partial charge >= 0.3 is 0 Å². The van der Waals surface area contributed by atoms with Crippen LogP contribution in [0.15, 0.2) is 58.5 Å². The predicted molar refractivity (Wildman–Crippen MR) is 82.1 cm³/mol. The first-order valence-electron chi connectivity index (χ1n) is 6.30. The third kappa shape index (κ3) is 2.62. The van der Waals surface area contributed by atoms with Crippen LogP contribution in [-0.4, -0.2) is 9.66 Å². The average Bonchev–Trinajstić information content (AvgIpc) is 2.51. The van der Waals surface area contributed by atoms with E-state index in [0.29, 0.717) is 27.4 Å². The van der Waals surface area contributed by atoms with Gasteiger partial charge in [-0.2, -0.15) is 0 Å². The zero-order valence-corrected chi connectivity index (χ0v) is 11.8. The second-order valence-electron chi connectivity index (χ2n) is 4.47. The van der Waals surface area contributed by atoms with Crippen molar-refractivity contribution in [2.45, 2.75) is 10.9 Å². The van der Waals surface area contributed by atoms with E-state index in [1.54, 1.807) is 42.5 Å². The molecule has 0 unspecified atom stereocenters. The molecule has 1 aromatic heterocycles. The average molecular weight is 301 g/mol. The second kappa shape index (κ2) is 5.57. The highest BCUT2D eigenvalue weighted by molar-refractivity contribution is 7.98. The summed E-state index contributed by atoms with van der Waals surface area (Å²) in [5.74, 6) is 5.85. The van der Waals surface area contributed by atoms with Crippen LogP contribution in [0.1, 0.15) is 5.56 Å². The van der Waals surface area contributed by atoms with E-state index < -0.39 is 0 Å². The molecule has 0 saturated carbocycles. The Morgan fingerprint density at radius 2 is 1.86 bits per heavy atom. The standard InChI is InChI=1S/C15H12FN3OS/c16-12-7-3-1-5-10(12)9-21-15-18-13-8-4-2-6-11(13)14(20)19(15)17/h1-8H,9,17H2. The van der Waals surface area contributed by atoms with Gasteiger partial charge in [0.05, 0.1) is 10.9 Å². The highest BCUT2D eigenvalue weighted by Gasteiger charge is 2.10. The Bertz CT molecular complexity index is 863. The summed E-state index contributed by atoms with van der Waals surface area (Å²) in [6.07, 6.45) is 0. The van der Waals surface area contributed by atoms with E-state index in [2.05, 4.69) is 4.98 Å². The van der Waals surface area contributed by atoms with E-state index in [4.69, 9.17) is 5.84 Å². The molecule has 0 aliphatic carbocycles. The Morgan fingerprint density at radius 1 is 1.14 bits per heavy atom. The number of halogens is 1. The molecule has 1 heterocycles. The van der Waals surface area contributed by atoms with Gasteiger partial charge in [-0.3, -0.25) is 4.79 Å². The lowest BCUT2D eigenvalue weighted by Gasteiger charge is -2.08. The molecule has 0 fully saturated rings. The van der Waals surface area contributed by atoms with E-state index in [0.717, 1.165) is 4.68 Å². The van der Waals surface area contributed by atoms with Crippen molar-refractivity contribution in [3.8, 4) is 0 Å². The fraction of sp³-hybridized carbons (Fsp3) is 0.0667. The molecule has 0 spiro atoms.